The summed E-state index contributed by atoms with van der Waals surface area (Å²) in [6.07, 6.45) is 0.301. The average Bonchev–Trinajstić information content (AvgIpc) is 3.23. The van der Waals surface area contributed by atoms with Crippen molar-refractivity contribution in [2.45, 2.75) is 26.6 Å². The molecule has 0 amide bonds. The highest BCUT2D eigenvalue weighted by Crippen LogP contribution is 2.26. The molecule has 10 heteroatoms. The van der Waals surface area contributed by atoms with Crippen molar-refractivity contribution in [2.24, 2.45) is 5.16 Å². The topological polar surface area (TPSA) is 82.9 Å². The maximum Gasteiger partial charge on any atom is 0.293 e. The molecule has 2 aromatic carbocycles. The number of benzene rings is 2. The van der Waals surface area contributed by atoms with E-state index in [0.29, 0.717) is 28.8 Å². The lowest BCUT2D eigenvalue weighted by atomic mass is 10.00. The van der Waals surface area contributed by atoms with Gasteiger partial charge in [-0.05, 0) is 23.8 Å². The number of hydrogen-bond acceptors (Lipinski definition) is 8. The number of nitrogens with zero attached hydrogens (tertiary/aromatic N) is 3. The van der Waals surface area contributed by atoms with Crippen LogP contribution in [0, 0.1) is 5.82 Å². The largest absolute Gasteiger partial charge is 0.484 e. The van der Waals surface area contributed by atoms with Crippen LogP contribution in [0.25, 0.3) is 0 Å². The first-order valence-corrected chi connectivity index (χ1v) is 10.4. The van der Waals surface area contributed by atoms with Crippen LogP contribution in [0.1, 0.15) is 30.3 Å². The predicted molar refractivity (Wildman–Crippen MR) is 115 cm³/mol. The summed E-state index contributed by atoms with van der Waals surface area (Å²) in [5.41, 5.74) is 1.63. The number of oxime groups is 1. The Labute approximate surface area is 187 Å². The maximum atomic E-state index is 13.1. The Morgan fingerprint density at radius 3 is 2.74 bits per heavy atom. The molecule has 0 spiro atoms. The zero-order valence-electron chi connectivity index (χ0n) is 16.8. The number of carbonyl (C=O) groups excluding carboxylic acids is 1. The standard InChI is InChI=1S/C21H19ClFN3O4S/c1-3-17(27)20(25-28-2)15-7-5-4-6-13(15)11-30-21-24-19(26-31-21)12-29-18-9-8-14(23)10-16(18)22/h4-10H,3,11-12H2,1-2H3/b25-20+. The average molecular weight is 464 g/mol. The van der Waals surface area contributed by atoms with Gasteiger partial charge in [0.05, 0.1) is 5.02 Å². The van der Waals surface area contributed by atoms with E-state index in [0.717, 1.165) is 17.1 Å². The second-order valence-electron chi connectivity index (χ2n) is 6.18. The van der Waals surface area contributed by atoms with Crippen molar-refractivity contribution < 1.29 is 23.5 Å². The first-order chi connectivity index (χ1) is 15.0. The number of halogens is 2. The summed E-state index contributed by atoms with van der Waals surface area (Å²) in [4.78, 5) is 21.4. The van der Waals surface area contributed by atoms with Gasteiger partial charge in [-0.1, -0.05) is 47.9 Å². The molecule has 31 heavy (non-hydrogen) atoms. The summed E-state index contributed by atoms with van der Waals surface area (Å²) >= 11 is 7.01. The second kappa shape index (κ2) is 10.8. The van der Waals surface area contributed by atoms with Gasteiger partial charge in [0.15, 0.2) is 17.3 Å². The molecule has 162 valence electrons. The Morgan fingerprint density at radius 2 is 2.00 bits per heavy atom. The maximum absolute atomic E-state index is 13.1. The van der Waals surface area contributed by atoms with Gasteiger partial charge in [0, 0.05) is 23.5 Å². The van der Waals surface area contributed by atoms with Gasteiger partial charge in [-0.25, -0.2) is 4.39 Å². The van der Waals surface area contributed by atoms with Gasteiger partial charge in [0.1, 0.15) is 31.9 Å². The Hall–Kier alpha value is -3.04. The van der Waals surface area contributed by atoms with Gasteiger partial charge in [0.2, 0.25) is 0 Å². The number of hydrogen-bond donors (Lipinski definition) is 0. The Bertz CT molecular complexity index is 1090. The molecule has 0 radical (unpaired) electrons. The van der Waals surface area contributed by atoms with Crippen LogP contribution in [0.5, 0.6) is 10.9 Å². The molecule has 7 nitrogen and oxygen atoms in total. The quantitative estimate of drug-likeness (QED) is 0.316. The smallest absolute Gasteiger partial charge is 0.293 e. The highest BCUT2D eigenvalue weighted by Gasteiger charge is 2.17. The monoisotopic (exact) mass is 463 g/mol. The zero-order chi connectivity index (χ0) is 22.2. The molecule has 0 aliphatic carbocycles. The molecule has 0 unspecified atom stereocenters. The van der Waals surface area contributed by atoms with Crippen molar-refractivity contribution >= 4 is 34.6 Å². The molecule has 0 aliphatic heterocycles. The van der Waals surface area contributed by atoms with E-state index < -0.39 is 5.82 Å². The number of Topliss-reactive ketones (excluding diaryl/α,β-unsaturated/α-hetero) is 1. The lowest BCUT2D eigenvalue weighted by Crippen LogP contribution is -2.17. The van der Waals surface area contributed by atoms with Crippen molar-refractivity contribution in [1.29, 1.82) is 0 Å². The normalized spacial score (nSPS) is 11.3. The molecule has 3 rings (SSSR count). The first-order valence-electron chi connectivity index (χ1n) is 9.27. The fourth-order valence-electron chi connectivity index (χ4n) is 2.62. The van der Waals surface area contributed by atoms with E-state index in [-0.39, 0.29) is 29.7 Å². The molecule has 1 heterocycles. The van der Waals surface area contributed by atoms with Crippen molar-refractivity contribution in [2.75, 3.05) is 7.11 Å². The molecule has 0 fully saturated rings. The van der Waals surface area contributed by atoms with E-state index in [4.69, 9.17) is 25.9 Å². The minimum Gasteiger partial charge on any atom is -0.484 e. The molecule has 0 aliphatic rings. The van der Waals surface area contributed by atoms with Gasteiger partial charge in [-0.2, -0.15) is 9.36 Å². The fourth-order valence-corrected chi connectivity index (χ4v) is 3.37. The first kappa shape index (κ1) is 22.6. The van der Waals surface area contributed by atoms with Gasteiger partial charge >= 0.3 is 0 Å². The van der Waals surface area contributed by atoms with Crippen LogP contribution in [0.4, 0.5) is 4.39 Å². The molecule has 0 N–H and O–H groups in total. The van der Waals surface area contributed by atoms with E-state index in [1.807, 2.05) is 18.2 Å². The van der Waals surface area contributed by atoms with E-state index in [1.54, 1.807) is 13.0 Å². The Morgan fingerprint density at radius 1 is 1.19 bits per heavy atom. The minimum atomic E-state index is -0.445. The molecule has 0 saturated carbocycles. The molecule has 0 saturated heterocycles. The highest BCUT2D eigenvalue weighted by molar-refractivity contribution is 7.07. The van der Waals surface area contributed by atoms with Crippen LogP contribution < -0.4 is 9.47 Å². The lowest BCUT2D eigenvalue weighted by molar-refractivity contribution is -0.112. The van der Waals surface area contributed by atoms with E-state index in [9.17, 15) is 9.18 Å². The summed E-state index contributed by atoms with van der Waals surface area (Å²) in [6, 6.07) is 11.1. The molecular weight excluding hydrogens is 445 g/mol. The third-order valence-electron chi connectivity index (χ3n) is 4.09. The number of ether oxygens (including phenoxy) is 2. The van der Waals surface area contributed by atoms with Crippen LogP contribution in [0.2, 0.25) is 5.02 Å². The molecule has 0 atom stereocenters. The van der Waals surface area contributed by atoms with Gasteiger partial charge in [0.25, 0.3) is 5.19 Å². The SMILES string of the molecule is CCC(=O)/C(=N/OC)c1ccccc1COc1nc(COc2ccc(F)cc2Cl)ns1. The van der Waals surface area contributed by atoms with Crippen LogP contribution in [-0.2, 0) is 22.8 Å². The Kier molecular flexibility index (Phi) is 7.91. The van der Waals surface area contributed by atoms with Crippen LogP contribution in [-0.4, -0.2) is 28.0 Å². The summed E-state index contributed by atoms with van der Waals surface area (Å²) < 4.78 is 28.6. The number of carbonyl (C=O) groups is 1. The van der Waals surface area contributed by atoms with Gasteiger partial charge < -0.3 is 14.3 Å². The minimum absolute atomic E-state index is 0.0530. The van der Waals surface area contributed by atoms with Crippen LogP contribution in [0.15, 0.2) is 47.6 Å². The summed E-state index contributed by atoms with van der Waals surface area (Å²) in [5.74, 6) is 0.153. The summed E-state index contributed by atoms with van der Waals surface area (Å²) in [6.45, 7) is 1.98. The summed E-state index contributed by atoms with van der Waals surface area (Å²) in [7, 11) is 1.39. The molecule has 3 aromatic rings. The molecule has 1 aromatic heterocycles. The van der Waals surface area contributed by atoms with Crippen molar-refractivity contribution in [3.63, 3.8) is 0 Å². The Balaban J connectivity index is 1.66. The van der Waals surface area contributed by atoms with Crippen LogP contribution >= 0.6 is 23.1 Å². The third-order valence-corrected chi connectivity index (χ3v) is 5.05. The number of rotatable bonds is 10. The number of ketones is 1. The van der Waals surface area contributed by atoms with Crippen molar-refractivity contribution in [1.82, 2.24) is 9.36 Å². The second-order valence-corrected chi connectivity index (χ2v) is 7.31. The predicted octanol–water partition coefficient (Wildman–Crippen LogP) is 4.82. The van der Waals surface area contributed by atoms with Gasteiger partial charge in [-0.3, -0.25) is 4.79 Å². The van der Waals surface area contributed by atoms with E-state index >= 15 is 0 Å². The highest BCUT2D eigenvalue weighted by atomic mass is 35.5. The van der Waals surface area contributed by atoms with Crippen molar-refractivity contribution in [3.8, 4) is 10.9 Å². The van der Waals surface area contributed by atoms with Gasteiger partial charge in [-0.15, -0.1) is 0 Å². The molecule has 0 bridgehead atoms. The third kappa shape index (κ3) is 5.99. The van der Waals surface area contributed by atoms with Crippen LogP contribution in [0.3, 0.4) is 0 Å². The van der Waals surface area contributed by atoms with E-state index in [2.05, 4.69) is 14.5 Å². The fraction of sp³-hybridized carbons (Fsp3) is 0.238. The van der Waals surface area contributed by atoms with Crippen molar-refractivity contribution in [3.05, 3.63) is 70.3 Å². The summed E-state index contributed by atoms with van der Waals surface area (Å²) in [5, 5.41) is 4.39. The number of aromatic nitrogens is 2. The van der Waals surface area contributed by atoms with E-state index in [1.165, 1.54) is 25.3 Å². The zero-order valence-corrected chi connectivity index (χ0v) is 18.4. The lowest BCUT2D eigenvalue weighted by Gasteiger charge is -2.10. The molecular formula is C21H19ClFN3O4S.